The number of hydrogen-bond donors (Lipinski definition) is 1. The van der Waals surface area contributed by atoms with Gasteiger partial charge in [-0.25, -0.2) is 0 Å². The Morgan fingerprint density at radius 2 is 1.29 bits per heavy atom. The fraction of sp³-hybridized carbons (Fsp3) is 0.562. The largest absolute Gasteiger partial charge is 0.391 e. The summed E-state index contributed by atoms with van der Waals surface area (Å²) < 4.78 is 0. The van der Waals surface area contributed by atoms with Gasteiger partial charge in [0, 0.05) is 24.5 Å². The number of aliphatic hydroxyl groups excluding tert-OH is 1. The van der Waals surface area contributed by atoms with Crippen molar-refractivity contribution in [1.82, 2.24) is 4.90 Å². The zero-order valence-electron chi connectivity index (χ0n) is 21.0. The summed E-state index contributed by atoms with van der Waals surface area (Å²) in [5.74, 6) is 3.42. The smallest absolute Gasteiger partial charge is 0.0723 e. The molecule has 2 aliphatic heterocycles. The van der Waals surface area contributed by atoms with Crippen molar-refractivity contribution in [3.63, 3.8) is 0 Å². The van der Waals surface area contributed by atoms with E-state index in [0.29, 0.717) is 5.92 Å². The van der Waals surface area contributed by atoms with Gasteiger partial charge in [-0.15, -0.1) is 0 Å². The average Bonchev–Trinajstić information content (AvgIpc) is 3.02. The van der Waals surface area contributed by atoms with Gasteiger partial charge in [0.05, 0.1) is 6.10 Å². The predicted molar refractivity (Wildman–Crippen MR) is 145 cm³/mol. The maximum absolute atomic E-state index is 11.5. The number of para-hydroxylation sites is 2. The Hall–Kier alpha value is -2.10. The van der Waals surface area contributed by atoms with Gasteiger partial charge in [-0.3, -0.25) is 0 Å². The number of hydrogen-bond acceptors (Lipinski definition) is 3. The molecule has 2 heterocycles. The molecule has 184 valence electrons. The number of rotatable bonds is 5. The maximum Gasteiger partial charge on any atom is 0.0723 e. The molecule has 8 rings (SSSR count). The van der Waals surface area contributed by atoms with E-state index in [1.165, 1.54) is 73.9 Å². The number of anilines is 2. The van der Waals surface area contributed by atoms with E-state index >= 15 is 0 Å². The van der Waals surface area contributed by atoms with E-state index in [1.54, 1.807) is 0 Å². The van der Waals surface area contributed by atoms with Crippen LogP contribution in [0.25, 0.3) is 12.2 Å². The highest BCUT2D eigenvalue weighted by atomic mass is 16.3. The van der Waals surface area contributed by atoms with E-state index in [-0.39, 0.29) is 11.5 Å². The maximum atomic E-state index is 11.5. The van der Waals surface area contributed by atoms with Crippen LogP contribution < -0.4 is 4.90 Å². The van der Waals surface area contributed by atoms with Crippen LogP contribution in [0.1, 0.15) is 62.5 Å². The van der Waals surface area contributed by atoms with Gasteiger partial charge in [0.2, 0.25) is 0 Å². The van der Waals surface area contributed by atoms with Crippen molar-refractivity contribution in [3.05, 3.63) is 59.7 Å². The second-order valence-corrected chi connectivity index (χ2v) is 12.6. The van der Waals surface area contributed by atoms with Crippen LogP contribution >= 0.6 is 0 Å². The van der Waals surface area contributed by atoms with E-state index in [9.17, 15) is 5.11 Å². The zero-order chi connectivity index (χ0) is 23.4. The summed E-state index contributed by atoms with van der Waals surface area (Å²) in [5, 5.41) is 11.5. The molecule has 1 atom stereocenters. The highest BCUT2D eigenvalue weighted by Crippen LogP contribution is 2.61. The Balaban J connectivity index is 1.01. The van der Waals surface area contributed by atoms with Crippen LogP contribution in [0.4, 0.5) is 11.4 Å². The molecule has 6 aliphatic rings. The lowest BCUT2D eigenvalue weighted by Gasteiger charge is -2.59. The molecule has 4 saturated carbocycles. The first-order valence-electron chi connectivity index (χ1n) is 14.2. The van der Waals surface area contributed by atoms with Crippen molar-refractivity contribution in [2.24, 2.45) is 29.1 Å². The number of likely N-dealkylation sites (tertiary alicyclic amines) is 1. The van der Waals surface area contributed by atoms with Crippen molar-refractivity contribution in [1.29, 1.82) is 0 Å². The van der Waals surface area contributed by atoms with Crippen LogP contribution in [-0.2, 0) is 0 Å². The topological polar surface area (TPSA) is 26.7 Å². The number of β-amino-alcohol motifs (C(OH)–C–C–N with tert-alkyl or cyclic N) is 1. The molecule has 0 amide bonds. The molecule has 35 heavy (non-hydrogen) atoms. The molecule has 3 nitrogen and oxygen atoms in total. The van der Waals surface area contributed by atoms with Gasteiger partial charge in [-0.2, -0.15) is 0 Å². The number of piperidine rings is 1. The minimum absolute atomic E-state index is 0.122. The number of benzene rings is 2. The Morgan fingerprint density at radius 3 is 1.83 bits per heavy atom. The van der Waals surface area contributed by atoms with Crippen molar-refractivity contribution in [2.75, 3.05) is 31.1 Å². The minimum Gasteiger partial charge on any atom is -0.391 e. The fourth-order valence-corrected chi connectivity index (χ4v) is 8.89. The highest BCUT2D eigenvalue weighted by molar-refractivity contribution is 5.88. The van der Waals surface area contributed by atoms with Crippen LogP contribution in [0.5, 0.6) is 0 Å². The lowest BCUT2D eigenvalue weighted by molar-refractivity contribution is -0.127. The predicted octanol–water partition coefficient (Wildman–Crippen LogP) is 6.60. The molecule has 3 heteroatoms. The van der Waals surface area contributed by atoms with Crippen molar-refractivity contribution in [3.8, 4) is 0 Å². The van der Waals surface area contributed by atoms with E-state index in [1.807, 2.05) is 0 Å². The molecule has 0 unspecified atom stereocenters. The Labute approximate surface area is 210 Å². The van der Waals surface area contributed by atoms with E-state index in [4.69, 9.17) is 0 Å². The minimum atomic E-state index is -0.122. The summed E-state index contributed by atoms with van der Waals surface area (Å²) in [6.07, 6.45) is 15.1. The number of nitrogens with zero attached hydrogens (tertiary/aromatic N) is 2. The molecule has 2 aromatic rings. The lowest BCUT2D eigenvalue weighted by atomic mass is 9.48. The summed E-state index contributed by atoms with van der Waals surface area (Å²) in [6, 6.07) is 17.6. The normalized spacial score (nSPS) is 32.8. The first kappa shape index (κ1) is 22.1. The van der Waals surface area contributed by atoms with Crippen LogP contribution in [-0.4, -0.2) is 42.3 Å². The average molecular weight is 469 g/mol. The standard InChI is InChI=1S/C32H40N2O/c35-31(32-18-24-15-25(19-32)17-26(16-24)20-32)22-33-13-11-23(12-14-33)21-34-29-7-3-1-5-27(29)9-10-28-6-2-4-8-30(28)34/h1-10,23-26,31,35H,11-22H2/t24?,25?,26?,31-,32?/m1/s1. The molecule has 4 aliphatic carbocycles. The van der Waals surface area contributed by atoms with Gasteiger partial charge in [-0.1, -0.05) is 48.6 Å². The third-order valence-electron chi connectivity index (χ3n) is 10.3. The summed E-state index contributed by atoms with van der Waals surface area (Å²) in [5.41, 5.74) is 5.51. The van der Waals surface area contributed by atoms with E-state index in [0.717, 1.165) is 43.9 Å². The van der Waals surface area contributed by atoms with Crippen molar-refractivity contribution in [2.45, 2.75) is 57.5 Å². The Kier molecular flexibility index (Phi) is 5.55. The fourth-order valence-electron chi connectivity index (χ4n) is 8.89. The molecule has 0 aromatic heterocycles. The second kappa shape index (κ2) is 8.78. The molecule has 1 saturated heterocycles. The molecule has 5 fully saturated rings. The zero-order valence-corrected chi connectivity index (χ0v) is 21.0. The van der Waals surface area contributed by atoms with Crippen LogP contribution in [0.3, 0.4) is 0 Å². The number of fused-ring (bicyclic) bond motifs is 2. The summed E-state index contributed by atoms with van der Waals surface area (Å²) in [4.78, 5) is 5.15. The molecule has 4 bridgehead atoms. The van der Waals surface area contributed by atoms with Crippen molar-refractivity contribution >= 4 is 23.5 Å². The summed E-state index contributed by atoms with van der Waals surface area (Å²) in [7, 11) is 0. The first-order chi connectivity index (χ1) is 17.1. The number of aliphatic hydroxyl groups is 1. The van der Waals surface area contributed by atoms with Gasteiger partial charge in [0.15, 0.2) is 0 Å². The molecule has 0 spiro atoms. The highest BCUT2D eigenvalue weighted by Gasteiger charge is 2.54. The summed E-state index contributed by atoms with van der Waals surface area (Å²) >= 11 is 0. The molecular weight excluding hydrogens is 428 g/mol. The third kappa shape index (κ3) is 4.05. The monoisotopic (exact) mass is 468 g/mol. The Morgan fingerprint density at radius 1 is 0.771 bits per heavy atom. The SMILES string of the molecule is O[C@H](CN1CCC(CN2c3ccccc3C=Cc3ccccc32)CC1)C12CC3CC(CC(C3)C1)C2. The van der Waals surface area contributed by atoms with Crippen LogP contribution in [0, 0.1) is 29.1 Å². The van der Waals surface area contributed by atoms with Gasteiger partial charge >= 0.3 is 0 Å². The Bertz CT molecular complexity index is 1010. The van der Waals surface area contributed by atoms with Gasteiger partial charge < -0.3 is 14.9 Å². The molecule has 1 N–H and O–H groups in total. The molecular formula is C32H40N2O. The quantitative estimate of drug-likeness (QED) is 0.536. The van der Waals surface area contributed by atoms with Crippen LogP contribution in [0.15, 0.2) is 48.5 Å². The second-order valence-electron chi connectivity index (χ2n) is 12.6. The van der Waals surface area contributed by atoms with Crippen molar-refractivity contribution < 1.29 is 5.11 Å². The van der Waals surface area contributed by atoms with Gasteiger partial charge in [-0.05, 0) is 117 Å². The molecule has 2 aromatic carbocycles. The van der Waals surface area contributed by atoms with E-state index in [2.05, 4.69) is 70.5 Å². The molecule has 0 radical (unpaired) electrons. The first-order valence-corrected chi connectivity index (χ1v) is 14.2. The van der Waals surface area contributed by atoms with Crippen LogP contribution in [0.2, 0.25) is 0 Å². The van der Waals surface area contributed by atoms with E-state index < -0.39 is 0 Å². The van der Waals surface area contributed by atoms with Gasteiger partial charge in [0.25, 0.3) is 0 Å². The summed E-state index contributed by atoms with van der Waals surface area (Å²) in [6.45, 7) is 4.23. The lowest BCUT2D eigenvalue weighted by Crippen LogP contribution is -2.55. The third-order valence-corrected chi connectivity index (χ3v) is 10.3. The van der Waals surface area contributed by atoms with Gasteiger partial charge in [0.1, 0.15) is 0 Å².